The van der Waals surface area contributed by atoms with E-state index in [4.69, 9.17) is 4.98 Å². The smallest absolute Gasteiger partial charge is 0.233 e. The Bertz CT molecular complexity index is 975. The predicted octanol–water partition coefficient (Wildman–Crippen LogP) is 3.60. The summed E-state index contributed by atoms with van der Waals surface area (Å²) in [7, 11) is 0. The Balaban J connectivity index is 1.54. The van der Waals surface area contributed by atoms with Crippen molar-refractivity contribution in [3.8, 4) is 0 Å². The van der Waals surface area contributed by atoms with Gasteiger partial charge in [-0.25, -0.2) is 4.98 Å². The Labute approximate surface area is 163 Å². The maximum atomic E-state index is 12.6. The van der Waals surface area contributed by atoms with Crippen molar-refractivity contribution >= 4 is 39.7 Å². The lowest BCUT2D eigenvalue weighted by Crippen LogP contribution is -2.43. The molecule has 0 bridgehead atoms. The van der Waals surface area contributed by atoms with Crippen LogP contribution in [0.1, 0.15) is 27.2 Å². The highest BCUT2D eigenvalue weighted by Crippen LogP contribution is 2.27. The quantitative estimate of drug-likeness (QED) is 0.644. The third-order valence-corrected chi connectivity index (χ3v) is 6.04. The number of aryl methyl sites for hydroxylation is 1. The second-order valence-corrected chi connectivity index (χ2v) is 8.50. The number of rotatable bonds is 4. The highest BCUT2D eigenvalue weighted by Gasteiger charge is 2.25. The molecule has 7 heteroatoms. The minimum atomic E-state index is 0.165. The van der Waals surface area contributed by atoms with Gasteiger partial charge in [0.2, 0.25) is 11.1 Å². The molecule has 1 saturated heterocycles. The summed E-state index contributed by atoms with van der Waals surface area (Å²) in [4.78, 5) is 19.3. The molecular formula is C20H25N5OS. The molecule has 3 heterocycles. The maximum Gasteiger partial charge on any atom is 0.233 e. The number of piperidine rings is 1. The minimum Gasteiger partial charge on any atom is -0.341 e. The molecule has 4 rings (SSSR count). The largest absolute Gasteiger partial charge is 0.341 e. The number of benzene rings is 1. The number of thioether (sulfide) groups is 1. The summed E-state index contributed by atoms with van der Waals surface area (Å²) >= 11 is 1.38. The molecule has 0 aliphatic carbocycles. The number of hydrogen-bond donors (Lipinski definition) is 0. The lowest BCUT2D eigenvalue weighted by molar-refractivity contribution is -0.130. The third kappa shape index (κ3) is 3.52. The van der Waals surface area contributed by atoms with Gasteiger partial charge in [0, 0.05) is 25.0 Å². The minimum absolute atomic E-state index is 0.165. The van der Waals surface area contributed by atoms with Crippen molar-refractivity contribution in [2.24, 2.45) is 11.8 Å². The van der Waals surface area contributed by atoms with Gasteiger partial charge in [0.25, 0.3) is 0 Å². The number of carbonyl (C=O) groups is 1. The fourth-order valence-corrected chi connectivity index (χ4v) is 4.84. The average molecular weight is 384 g/mol. The maximum absolute atomic E-state index is 12.6. The normalized spacial score (nSPS) is 20.5. The highest BCUT2D eigenvalue weighted by molar-refractivity contribution is 7.99. The summed E-state index contributed by atoms with van der Waals surface area (Å²) in [6.45, 7) is 9.05. The van der Waals surface area contributed by atoms with E-state index >= 15 is 0 Å². The van der Waals surface area contributed by atoms with Gasteiger partial charge in [-0.2, -0.15) is 0 Å². The van der Waals surface area contributed by atoms with E-state index in [2.05, 4.69) is 47.7 Å². The van der Waals surface area contributed by atoms with E-state index in [0.717, 1.165) is 41.7 Å². The molecule has 1 aliphatic heterocycles. The van der Waals surface area contributed by atoms with Crippen LogP contribution in [0.25, 0.3) is 22.1 Å². The van der Waals surface area contributed by atoms with Gasteiger partial charge in [-0.1, -0.05) is 43.8 Å². The van der Waals surface area contributed by atoms with Gasteiger partial charge in [-0.15, -0.1) is 10.2 Å². The zero-order valence-corrected chi connectivity index (χ0v) is 16.9. The number of nitrogens with zero attached hydrogens (tertiary/aromatic N) is 5. The molecule has 2 atom stereocenters. The Morgan fingerprint density at radius 2 is 1.93 bits per heavy atom. The summed E-state index contributed by atoms with van der Waals surface area (Å²) in [6.07, 6.45) is 1.20. The van der Waals surface area contributed by atoms with Crippen LogP contribution in [0, 0.1) is 11.8 Å². The SMILES string of the molecule is CCn1c2ccccc2c2nnc(SCC(=O)N3C[C@@H](C)C[C@H](C)C3)nc21. The molecule has 6 nitrogen and oxygen atoms in total. The van der Waals surface area contributed by atoms with Gasteiger partial charge in [0.1, 0.15) is 5.52 Å². The van der Waals surface area contributed by atoms with E-state index in [1.807, 2.05) is 17.0 Å². The summed E-state index contributed by atoms with van der Waals surface area (Å²) < 4.78 is 2.15. The average Bonchev–Trinajstić information content (AvgIpc) is 2.98. The van der Waals surface area contributed by atoms with E-state index in [-0.39, 0.29) is 5.91 Å². The van der Waals surface area contributed by atoms with Crippen LogP contribution in [0.4, 0.5) is 0 Å². The number of carbonyl (C=O) groups excluding carboxylic acids is 1. The van der Waals surface area contributed by atoms with Crippen molar-refractivity contribution in [1.82, 2.24) is 24.6 Å². The summed E-state index contributed by atoms with van der Waals surface area (Å²) in [5, 5.41) is 10.3. The molecule has 0 unspecified atom stereocenters. The van der Waals surface area contributed by atoms with Gasteiger partial charge >= 0.3 is 0 Å². The van der Waals surface area contributed by atoms with Crippen molar-refractivity contribution in [2.75, 3.05) is 18.8 Å². The van der Waals surface area contributed by atoms with E-state index < -0.39 is 0 Å². The molecule has 1 aliphatic rings. The van der Waals surface area contributed by atoms with Crippen molar-refractivity contribution in [3.05, 3.63) is 24.3 Å². The van der Waals surface area contributed by atoms with E-state index in [1.165, 1.54) is 18.2 Å². The molecular weight excluding hydrogens is 358 g/mol. The van der Waals surface area contributed by atoms with Crippen LogP contribution in [0.5, 0.6) is 0 Å². The van der Waals surface area contributed by atoms with Crippen molar-refractivity contribution in [1.29, 1.82) is 0 Å². The van der Waals surface area contributed by atoms with E-state index in [9.17, 15) is 4.79 Å². The fourth-order valence-electron chi connectivity index (χ4n) is 4.15. The molecule has 0 radical (unpaired) electrons. The zero-order valence-electron chi connectivity index (χ0n) is 16.1. The molecule has 0 spiro atoms. The second kappa shape index (κ2) is 7.46. The van der Waals surface area contributed by atoms with E-state index in [0.29, 0.717) is 22.7 Å². The molecule has 2 aromatic heterocycles. The molecule has 27 heavy (non-hydrogen) atoms. The lowest BCUT2D eigenvalue weighted by Gasteiger charge is -2.34. The summed E-state index contributed by atoms with van der Waals surface area (Å²) in [6, 6.07) is 8.16. The first-order chi connectivity index (χ1) is 13.1. The van der Waals surface area contributed by atoms with Crippen LogP contribution < -0.4 is 0 Å². The number of para-hydroxylation sites is 1. The molecule has 0 N–H and O–H groups in total. The monoisotopic (exact) mass is 383 g/mol. The van der Waals surface area contributed by atoms with Gasteiger partial charge in [0.15, 0.2) is 5.65 Å². The topological polar surface area (TPSA) is 63.9 Å². The number of fused-ring (bicyclic) bond motifs is 3. The fraction of sp³-hybridized carbons (Fsp3) is 0.500. The van der Waals surface area contributed by atoms with Crippen LogP contribution in [0.15, 0.2) is 29.4 Å². The number of aromatic nitrogens is 4. The standard InChI is InChI=1S/C20H25N5OS/c1-4-25-16-8-6-5-7-15(16)18-19(25)21-20(23-22-18)27-12-17(26)24-10-13(2)9-14(3)11-24/h5-8,13-14H,4,9-12H2,1-3H3/t13-,14-/m0/s1. The molecule has 1 fully saturated rings. The van der Waals surface area contributed by atoms with Crippen molar-refractivity contribution in [3.63, 3.8) is 0 Å². The summed E-state index contributed by atoms with van der Waals surface area (Å²) in [5.74, 6) is 1.66. The van der Waals surface area contributed by atoms with Gasteiger partial charge in [-0.05, 0) is 31.2 Å². The van der Waals surface area contributed by atoms with Gasteiger partial charge in [-0.3, -0.25) is 4.79 Å². The Hall–Kier alpha value is -2.15. The van der Waals surface area contributed by atoms with Gasteiger partial charge in [0.05, 0.1) is 11.3 Å². The molecule has 142 valence electrons. The van der Waals surface area contributed by atoms with Crippen molar-refractivity contribution < 1.29 is 4.79 Å². The van der Waals surface area contributed by atoms with Crippen LogP contribution in [0.2, 0.25) is 0 Å². The molecule has 1 aromatic carbocycles. The molecule has 1 amide bonds. The van der Waals surface area contributed by atoms with Crippen LogP contribution in [0.3, 0.4) is 0 Å². The van der Waals surface area contributed by atoms with Gasteiger partial charge < -0.3 is 9.47 Å². The first-order valence-corrected chi connectivity index (χ1v) is 10.6. The number of hydrogen-bond acceptors (Lipinski definition) is 5. The third-order valence-electron chi connectivity index (χ3n) is 5.22. The first-order valence-electron chi connectivity index (χ1n) is 9.59. The Morgan fingerprint density at radius 1 is 1.19 bits per heavy atom. The number of amides is 1. The van der Waals surface area contributed by atoms with Crippen molar-refractivity contribution in [2.45, 2.75) is 38.9 Å². The number of likely N-dealkylation sites (tertiary alicyclic amines) is 1. The first kappa shape index (κ1) is 18.2. The Morgan fingerprint density at radius 3 is 2.67 bits per heavy atom. The second-order valence-electron chi connectivity index (χ2n) is 7.56. The van der Waals surface area contributed by atoms with E-state index in [1.54, 1.807) is 0 Å². The van der Waals surface area contributed by atoms with Crippen LogP contribution in [-0.4, -0.2) is 49.4 Å². The molecule has 0 saturated carbocycles. The predicted molar refractivity (Wildman–Crippen MR) is 109 cm³/mol. The zero-order chi connectivity index (χ0) is 19.0. The lowest BCUT2D eigenvalue weighted by atomic mass is 9.92. The van der Waals surface area contributed by atoms with Crippen LogP contribution >= 0.6 is 11.8 Å². The molecule has 3 aromatic rings. The van der Waals surface area contributed by atoms with Crippen LogP contribution in [-0.2, 0) is 11.3 Å². The Kier molecular flexibility index (Phi) is 5.04. The summed E-state index contributed by atoms with van der Waals surface area (Å²) in [5.41, 5.74) is 2.77. The highest BCUT2D eigenvalue weighted by atomic mass is 32.2.